The summed E-state index contributed by atoms with van der Waals surface area (Å²) in [7, 11) is 0. The quantitative estimate of drug-likeness (QED) is 0.694. The van der Waals surface area contributed by atoms with Crippen molar-refractivity contribution in [3.05, 3.63) is 70.9 Å². The minimum Gasteiger partial charge on any atom is -0.354 e. The van der Waals surface area contributed by atoms with Crippen molar-refractivity contribution in [1.82, 2.24) is 24.6 Å². The zero-order chi connectivity index (χ0) is 18.6. The van der Waals surface area contributed by atoms with Crippen LogP contribution in [0.5, 0.6) is 0 Å². The van der Waals surface area contributed by atoms with Gasteiger partial charge in [0.2, 0.25) is 5.91 Å². The summed E-state index contributed by atoms with van der Waals surface area (Å²) in [5.41, 5.74) is 1.66. The van der Waals surface area contributed by atoms with Crippen molar-refractivity contribution in [1.29, 1.82) is 0 Å². The van der Waals surface area contributed by atoms with Gasteiger partial charge in [-0.2, -0.15) is 0 Å². The number of nitrogens with zero attached hydrogens (tertiary/aromatic N) is 4. The Morgan fingerprint density at radius 3 is 2.67 bits per heavy atom. The predicted octanol–water partition coefficient (Wildman–Crippen LogP) is 1.80. The van der Waals surface area contributed by atoms with Gasteiger partial charge in [0, 0.05) is 30.5 Å². The third kappa shape index (κ3) is 3.97. The first kappa shape index (κ1) is 17.2. The number of rotatable bonds is 7. The normalized spacial score (nSPS) is 13.5. The van der Waals surface area contributed by atoms with E-state index in [2.05, 4.69) is 15.4 Å². The molecular formula is C20H21N5O2. The minimum absolute atomic E-state index is 0.0663. The molecule has 0 saturated heterocycles. The Morgan fingerprint density at radius 1 is 1.15 bits per heavy atom. The number of carbonyl (C=O) groups excluding carboxylic acids is 1. The van der Waals surface area contributed by atoms with Crippen LogP contribution in [0.4, 0.5) is 0 Å². The van der Waals surface area contributed by atoms with Crippen LogP contribution in [0.2, 0.25) is 0 Å². The third-order valence-electron chi connectivity index (χ3n) is 4.56. The van der Waals surface area contributed by atoms with Gasteiger partial charge in [-0.25, -0.2) is 9.48 Å². The van der Waals surface area contributed by atoms with Crippen molar-refractivity contribution >= 4 is 5.91 Å². The number of carbonyl (C=O) groups is 1. The highest BCUT2D eigenvalue weighted by Crippen LogP contribution is 2.36. The first-order chi connectivity index (χ1) is 13.2. The Labute approximate surface area is 156 Å². The van der Waals surface area contributed by atoms with E-state index in [1.165, 1.54) is 4.68 Å². The first-order valence-electron chi connectivity index (χ1n) is 9.13. The van der Waals surface area contributed by atoms with Gasteiger partial charge in [0.05, 0.1) is 13.0 Å². The molecule has 27 heavy (non-hydrogen) atoms. The summed E-state index contributed by atoms with van der Waals surface area (Å²) in [4.78, 5) is 28.9. The van der Waals surface area contributed by atoms with Gasteiger partial charge in [0.1, 0.15) is 0 Å². The van der Waals surface area contributed by atoms with Crippen molar-refractivity contribution in [3.8, 4) is 11.4 Å². The van der Waals surface area contributed by atoms with E-state index in [-0.39, 0.29) is 17.6 Å². The number of aromatic nitrogens is 4. The summed E-state index contributed by atoms with van der Waals surface area (Å²) >= 11 is 0. The molecule has 2 aromatic heterocycles. The molecule has 1 amide bonds. The van der Waals surface area contributed by atoms with Crippen LogP contribution in [0.25, 0.3) is 11.4 Å². The molecule has 7 nitrogen and oxygen atoms in total. The monoisotopic (exact) mass is 363 g/mol. The summed E-state index contributed by atoms with van der Waals surface area (Å²) in [6, 6.07) is 13.5. The second-order valence-corrected chi connectivity index (χ2v) is 6.68. The van der Waals surface area contributed by atoms with Crippen LogP contribution in [-0.4, -0.2) is 31.8 Å². The zero-order valence-corrected chi connectivity index (χ0v) is 14.9. The molecule has 0 bridgehead atoms. The van der Waals surface area contributed by atoms with Gasteiger partial charge >= 0.3 is 5.69 Å². The van der Waals surface area contributed by atoms with Crippen molar-refractivity contribution in [3.63, 3.8) is 0 Å². The van der Waals surface area contributed by atoms with Crippen molar-refractivity contribution in [2.24, 2.45) is 0 Å². The van der Waals surface area contributed by atoms with E-state index in [1.807, 2.05) is 42.5 Å². The molecule has 2 heterocycles. The molecule has 0 spiro atoms. The molecule has 3 aromatic rings. The molecule has 7 heteroatoms. The van der Waals surface area contributed by atoms with Crippen LogP contribution in [0, 0.1) is 0 Å². The molecule has 1 aliphatic rings. The molecule has 138 valence electrons. The highest BCUT2D eigenvalue weighted by Gasteiger charge is 2.30. The van der Waals surface area contributed by atoms with E-state index in [1.54, 1.807) is 17.0 Å². The molecule has 1 aliphatic carbocycles. The van der Waals surface area contributed by atoms with E-state index in [0.717, 1.165) is 24.0 Å². The van der Waals surface area contributed by atoms with Gasteiger partial charge in [-0.05, 0) is 30.5 Å². The summed E-state index contributed by atoms with van der Waals surface area (Å²) in [5, 5.41) is 7.36. The average Bonchev–Trinajstić information content (AvgIpc) is 3.47. The third-order valence-corrected chi connectivity index (χ3v) is 4.56. The summed E-state index contributed by atoms with van der Waals surface area (Å²) in [6.45, 7) is 0.700. The van der Waals surface area contributed by atoms with Gasteiger partial charge in [-0.3, -0.25) is 14.3 Å². The lowest BCUT2D eigenvalue weighted by molar-refractivity contribution is -0.120. The van der Waals surface area contributed by atoms with Crippen LogP contribution in [0.15, 0.2) is 59.7 Å². The number of hydrogen-bond acceptors (Lipinski definition) is 4. The summed E-state index contributed by atoms with van der Waals surface area (Å²) < 4.78 is 3.19. The maximum atomic E-state index is 12.7. The highest BCUT2D eigenvalue weighted by molar-refractivity contribution is 5.78. The standard InChI is InChI=1S/C20H21N5O2/c26-18(13-15-5-2-1-3-6-15)22-11-12-24-20(27)25(17-8-9-17)19(23-24)16-7-4-10-21-14-16/h1-7,10,14,17H,8-9,11-13H2,(H,22,26). The van der Waals surface area contributed by atoms with Crippen LogP contribution in [-0.2, 0) is 17.8 Å². The lowest BCUT2D eigenvalue weighted by atomic mass is 10.1. The first-order valence-corrected chi connectivity index (χ1v) is 9.13. The number of hydrogen-bond donors (Lipinski definition) is 1. The number of pyridine rings is 1. The molecule has 1 aromatic carbocycles. The number of amides is 1. The van der Waals surface area contributed by atoms with Gasteiger partial charge < -0.3 is 5.32 Å². The molecule has 4 rings (SSSR count). The SMILES string of the molecule is O=C(Cc1ccccc1)NCCn1nc(-c2cccnc2)n(C2CC2)c1=O. The number of nitrogens with one attached hydrogen (secondary N) is 1. The molecule has 0 radical (unpaired) electrons. The highest BCUT2D eigenvalue weighted by atomic mass is 16.2. The van der Waals surface area contributed by atoms with E-state index in [0.29, 0.717) is 25.3 Å². The lowest BCUT2D eigenvalue weighted by Gasteiger charge is -2.05. The average molecular weight is 363 g/mol. The Balaban J connectivity index is 1.43. The molecule has 0 aliphatic heterocycles. The maximum absolute atomic E-state index is 12.7. The van der Waals surface area contributed by atoms with E-state index < -0.39 is 0 Å². The fraction of sp³-hybridized carbons (Fsp3) is 0.300. The molecule has 1 N–H and O–H groups in total. The topological polar surface area (TPSA) is 81.8 Å². The Kier molecular flexibility index (Phi) is 4.82. The Hall–Kier alpha value is -3.22. The van der Waals surface area contributed by atoms with Gasteiger partial charge in [-0.1, -0.05) is 30.3 Å². The van der Waals surface area contributed by atoms with Crippen LogP contribution >= 0.6 is 0 Å². The maximum Gasteiger partial charge on any atom is 0.346 e. The summed E-state index contributed by atoms with van der Waals surface area (Å²) in [5.74, 6) is 0.578. The zero-order valence-electron chi connectivity index (χ0n) is 14.9. The minimum atomic E-state index is -0.131. The van der Waals surface area contributed by atoms with Crippen LogP contribution in [0.3, 0.4) is 0 Å². The van der Waals surface area contributed by atoms with Gasteiger partial charge in [-0.15, -0.1) is 5.10 Å². The van der Waals surface area contributed by atoms with Crippen LogP contribution in [0.1, 0.15) is 24.4 Å². The van der Waals surface area contributed by atoms with Crippen molar-refractivity contribution in [2.45, 2.75) is 31.8 Å². The fourth-order valence-corrected chi connectivity index (χ4v) is 3.06. The molecule has 1 saturated carbocycles. The molecule has 0 unspecified atom stereocenters. The van der Waals surface area contributed by atoms with Gasteiger partial charge in [0.25, 0.3) is 0 Å². The van der Waals surface area contributed by atoms with E-state index >= 15 is 0 Å². The Bertz CT molecular complexity index is 975. The van der Waals surface area contributed by atoms with E-state index in [9.17, 15) is 9.59 Å². The van der Waals surface area contributed by atoms with E-state index in [4.69, 9.17) is 0 Å². The van der Waals surface area contributed by atoms with Crippen molar-refractivity contribution in [2.75, 3.05) is 6.54 Å². The lowest BCUT2D eigenvalue weighted by Crippen LogP contribution is -2.32. The smallest absolute Gasteiger partial charge is 0.346 e. The van der Waals surface area contributed by atoms with Gasteiger partial charge in [0.15, 0.2) is 5.82 Å². The molecular weight excluding hydrogens is 342 g/mol. The second-order valence-electron chi connectivity index (χ2n) is 6.68. The fourth-order valence-electron chi connectivity index (χ4n) is 3.06. The van der Waals surface area contributed by atoms with Crippen molar-refractivity contribution < 1.29 is 4.79 Å². The molecule has 1 fully saturated rings. The second kappa shape index (κ2) is 7.57. The van der Waals surface area contributed by atoms with Crippen LogP contribution < -0.4 is 11.0 Å². The summed E-state index contributed by atoms with van der Waals surface area (Å²) in [6.07, 6.45) is 5.72. The number of benzene rings is 1. The molecule has 0 atom stereocenters. The predicted molar refractivity (Wildman–Crippen MR) is 101 cm³/mol. The largest absolute Gasteiger partial charge is 0.354 e. The Morgan fingerprint density at radius 2 is 1.96 bits per heavy atom.